The summed E-state index contributed by atoms with van der Waals surface area (Å²) in [6.07, 6.45) is 0.273. The van der Waals surface area contributed by atoms with E-state index in [9.17, 15) is 9.59 Å². The van der Waals surface area contributed by atoms with E-state index in [4.69, 9.17) is 0 Å². The average molecular weight is 319 g/mol. The lowest BCUT2D eigenvalue weighted by Crippen LogP contribution is -2.43. The third-order valence-electron chi connectivity index (χ3n) is 4.16. The van der Waals surface area contributed by atoms with Gasteiger partial charge in [0.1, 0.15) is 0 Å². The standard InChI is InChI=1S/C18H29N3O2/c1-7-21(14(4)13(2)3)18(23)19-16-11-9-8-10-15(16)12-17(22)20(5)6/h8-11,13-14H,7,12H2,1-6H3,(H,19,23). The van der Waals surface area contributed by atoms with Crippen molar-refractivity contribution in [1.82, 2.24) is 9.80 Å². The summed E-state index contributed by atoms with van der Waals surface area (Å²) in [5, 5.41) is 2.96. The van der Waals surface area contributed by atoms with Gasteiger partial charge in [0.05, 0.1) is 6.42 Å². The zero-order valence-corrected chi connectivity index (χ0v) is 15.1. The van der Waals surface area contributed by atoms with E-state index >= 15 is 0 Å². The van der Waals surface area contributed by atoms with Crippen LogP contribution in [0.5, 0.6) is 0 Å². The van der Waals surface area contributed by atoms with Gasteiger partial charge in [-0.25, -0.2) is 4.79 Å². The molecule has 0 spiro atoms. The van der Waals surface area contributed by atoms with E-state index in [-0.39, 0.29) is 24.4 Å². The van der Waals surface area contributed by atoms with E-state index in [0.29, 0.717) is 18.2 Å². The lowest BCUT2D eigenvalue weighted by atomic mass is 10.1. The summed E-state index contributed by atoms with van der Waals surface area (Å²) in [6, 6.07) is 7.47. The number of amides is 3. The van der Waals surface area contributed by atoms with Crippen LogP contribution in [-0.2, 0) is 11.2 Å². The van der Waals surface area contributed by atoms with Crippen molar-refractivity contribution in [2.75, 3.05) is 26.0 Å². The Morgan fingerprint density at radius 3 is 2.26 bits per heavy atom. The smallest absolute Gasteiger partial charge is 0.322 e. The number of carbonyl (C=O) groups excluding carboxylic acids is 2. The first kappa shape index (κ1) is 19.0. The molecule has 0 aromatic heterocycles. The van der Waals surface area contributed by atoms with E-state index in [1.165, 1.54) is 0 Å². The molecule has 0 aliphatic carbocycles. The molecule has 23 heavy (non-hydrogen) atoms. The maximum atomic E-state index is 12.6. The number of para-hydroxylation sites is 1. The molecule has 0 saturated carbocycles. The van der Waals surface area contributed by atoms with Crippen molar-refractivity contribution < 1.29 is 9.59 Å². The third kappa shape index (κ3) is 5.27. The van der Waals surface area contributed by atoms with Gasteiger partial charge in [0.15, 0.2) is 0 Å². The predicted molar refractivity (Wildman–Crippen MR) is 94.5 cm³/mol. The minimum absolute atomic E-state index is 0.00888. The molecule has 1 unspecified atom stereocenters. The number of rotatable bonds is 6. The van der Waals surface area contributed by atoms with Crippen molar-refractivity contribution in [2.24, 2.45) is 5.92 Å². The molecule has 0 bridgehead atoms. The fourth-order valence-corrected chi connectivity index (χ4v) is 2.28. The highest BCUT2D eigenvalue weighted by Gasteiger charge is 2.22. The monoisotopic (exact) mass is 319 g/mol. The minimum atomic E-state index is -0.126. The fraction of sp³-hybridized carbons (Fsp3) is 0.556. The van der Waals surface area contributed by atoms with Gasteiger partial charge in [-0.15, -0.1) is 0 Å². The first-order valence-electron chi connectivity index (χ1n) is 8.13. The molecule has 0 aliphatic rings. The number of likely N-dealkylation sites (N-methyl/N-ethyl adjacent to an activating group) is 1. The van der Waals surface area contributed by atoms with Crippen molar-refractivity contribution in [3.63, 3.8) is 0 Å². The number of nitrogens with zero attached hydrogens (tertiary/aromatic N) is 2. The maximum Gasteiger partial charge on any atom is 0.322 e. The number of hydrogen-bond acceptors (Lipinski definition) is 2. The van der Waals surface area contributed by atoms with E-state index in [1.807, 2.05) is 36.1 Å². The van der Waals surface area contributed by atoms with Crippen LogP contribution in [0.2, 0.25) is 0 Å². The van der Waals surface area contributed by atoms with Crippen molar-refractivity contribution in [1.29, 1.82) is 0 Å². The second-order valence-electron chi connectivity index (χ2n) is 6.32. The lowest BCUT2D eigenvalue weighted by molar-refractivity contribution is -0.127. The largest absolute Gasteiger partial charge is 0.349 e. The fourth-order valence-electron chi connectivity index (χ4n) is 2.28. The van der Waals surface area contributed by atoms with Crippen LogP contribution < -0.4 is 5.32 Å². The molecule has 0 radical (unpaired) electrons. The molecule has 1 N–H and O–H groups in total. The van der Waals surface area contributed by atoms with E-state index in [1.54, 1.807) is 19.0 Å². The highest BCUT2D eigenvalue weighted by Crippen LogP contribution is 2.18. The molecule has 1 atom stereocenters. The van der Waals surface area contributed by atoms with Crippen LogP contribution in [0.3, 0.4) is 0 Å². The Kier molecular flexibility index (Phi) is 7.07. The number of nitrogens with one attached hydrogen (secondary N) is 1. The highest BCUT2D eigenvalue weighted by atomic mass is 16.2. The lowest BCUT2D eigenvalue weighted by Gasteiger charge is -2.31. The van der Waals surface area contributed by atoms with Gasteiger partial charge < -0.3 is 15.1 Å². The van der Waals surface area contributed by atoms with Gasteiger partial charge in [-0.05, 0) is 31.4 Å². The van der Waals surface area contributed by atoms with E-state index in [0.717, 1.165) is 5.56 Å². The molecule has 0 heterocycles. The third-order valence-corrected chi connectivity index (χ3v) is 4.16. The molecule has 1 aromatic carbocycles. The number of anilines is 1. The van der Waals surface area contributed by atoms with Crippen LogP contribution in [0.1, 0.15) is 33.3 Å². The molecule has 0 aliphatic heterocycles. The summed E-state index contributed by atoms with van der Waals surface area (Å²) in [6.45, 7) is 8.87. The maximum absolute atomic E-state index is 12.6. The SMILES string of the molecule is CCN(C(=O)Nc1ccccc1CC(=O)N(C)C)C(C)C(C)C. The minimum Gasteiger partial charge on any atom is -0.349 e. The normalized spacial score (nSPS) is 12.0. The molecule has 3 amide bonds. The van der Waals surface area contributed by atoms with Gasteiger partial charge >= 0.3 is 6.03 Å². The quantitative estimate of drug-likeness (QED) is 0.875. The van der Waals surface area contributed by atoms with Crippen LogP contribution in [0.15, 0.2) is 24.3 Å². The Morgan fingerprint density at radius 1 is 1.13 bits per heavy atom. The predicted octanol–water partition coefficient (Wildman–Crippen LogP) is 3.22. The number of benzene rings is 1. The molecule has 0 saturated heterocycles. The molecule has 1 rings (SSSR count). The first-order valence-corrected chi connectivity index (χ1v) is 8.13. The summed E-state index contributed by atoms with van der Waals surface area (Å²) in [4.78, 5) is 27.9. The summed E-state index contributed by atoms with van der Waals surface area (Å²) in [5.41, 5.74) is 1.52. The van der Waals surface area contributed by atoms with Crippen molar-refractivity contribution >= 4 is 17.6 Å². The number of carbonyl (C=O) groups is 2. The molecule has 128 valence electrons. The van der Waals surface area contributed by atoms with Gasteiger partial charge in [0, 0.05) is 32.4 Å². The Morgan fingerprint density at radius 2 is 1.74 bits per heavy atom. The molecule has 5 nitrogen and oxygen atoms in total. The number of urea groups is 1. The van der Waals surface area contributed by atoms with E-state index < -0.39 is 0 Å². The number of hydrogen-bond donors (Lipinski definition) is 1. The van der Waals surface area contributed by atoms with E-state index in [2.05, 4.69) is 26.1 Å². The van der Waals surface area contributed by atoms with Crippen LogP contribution >= 0.6 is 0 Å². The van der Waals surface area contributed by atoms with Gasteiger partial charge in [0.2, 0.25) is 5.91 Å². The summed E-state index contributed by atoms with van der Waals surface area (Å²) in [7, 11) is 3.46. The Balaban J connectivity index is 2.91. The van der Waals surface area contributed by atoms with Gasteiger partial charge in [-0.3, -0.25) is 4.79 Å². The molecular formula is C18H29N3O2. The Bertz CT molecular complexity index is 541. The zero-order chi connectivity index (χ0) is 17.6. The van der Waals surface area contributed by atoms with Gasteiger partial charge in [-0.2, -0.15) is 0 Å². The summed E-state index contributed by atoms with van der Waals surface area (Å²) >= 11 is 0. The van der Waals surface area contributed by atoms with Crippen molar-refractivity contribution in [3.8, 4) is 0 Å². The van der Waals surface area contributed by atoms with Crippen molar-refractivity contribution in [3.05, 3.63) is 29.8 Å². The molecule has 1 aromatic rings. The first-order chi connectivity index (χ1) is 10.8. The zero-order valence-electron chi connectivity index (χ0n) is 15.1. The Labute approximate surface area is 139 Å². The molecule has 5 heteroatoms. The average Bonchev–Trinajstić information content (AvgIpc) is 2.49. The second-order valence-corrected chi connectivity index (χ2v) is 6.32. The topological polar surface area (TPSA) is 52.7 Å². The van der Waals surface area contributed by atoms with Crippen LogP contribution in [-0.4, -0.2) is 48.4 Å². The van der Waals surface area contributed by atoms with Crippen molar-refractivity contribution in [2.45, 2.75) is 40.2 Å². The summed E-state index contributed by atoms with van der Waals surface area (Å²) in [5.74, 6) is 0.390. The van der Waals surface area contributed by atoms with Crippen LogP contribution in [0.25, 0.3) is 0 Å². The highest BCUT2D eigenvalue weighted by molar-refractivity contribution is 5.91. The van der Waals surface area contributed by atoms with Crippen LogP contribution in [0, 0.1) is 5.92 Å². The molecular weight excluding hydrogens is 290 g/mol. The van der Waals surface area contributed by atoms with Gasteiger partial charge in [-0.1, -0.05) is 32.0 Å². The Hall–Kier alpha value is -2.04. The van der Waals surface area contributed by atoms with Crippen LogP contribution in [0.4, 0.5) is 10.5 Å². The summed E-state index contributed by atoms with van der Waals surface area (Å²) < 4.78 is 0. The molecule has 0 fully saturated rings. The van der Waals surface area contributed by atoms with Gasteiger partial charge in [0.25, 0.3) is 0 Å². The second kappa shape index (κ2) is 8.56.